The number of amides is 1. The van der Waals surface area contributed by atoms with Crippen molar-refractivity contribution in [1.29, 1.82) is 0 Å². The second-order valence-electron chi connectivity index (χ2n) is 8.71. The lowest BCUT2D eigenvalue weighted by Crippen LogP contribution is -2.52. The van der Waals surface area contributed by atoms with Gasteiger partial charge in [-0.2, -0.15) is 11.8 Å². The van der Waals surface area contributed by atoms with E-state index in [0.29, 0.717) is 30.0 Å². The molecule has 3 atom stereocenters. The van der Waals surface area contributed by atoms with Crippen molar-refractivity contribution >= 4 is 17.9 Å². The number of ether oxygens (including phenoxy) is 1. The number of hydrogen-bond donors (Lipinski definition) is 2. The fraction of sp³-hybridized carbons (Fsp3) is 0.944. The fourth-order valence-corrected chi connectivity index (χ4v) is 5.12. The summed E-state index contributed by atoms with van der Waals surface area (Å²) in [4.78, 5) is 11.9. The van der Waals surface area contributed by atoms with Crippen molar-refractivity contribution in [2.75, 3.05) is 18.1 Å². The van der Waals surface area contributed by atoms with E-state index in [1.54, 1.807) is 0 Å². The van der Waals surface area contributed by atoms with Gasteiger partial charge in [-0.3, -0.25) is 0 Å². The van der Waals surface area contributed by atoms with Gasteiger partial charge in [-0.1, -0.05) is 20.3 Å². The maximum absolute atomic E-state index is 11.9. The van der Waals surface area contributed by atoms with Gasteiger partial charge in [0.2, 0.25) is 0 Å². The highest BCUT2D eigenvalue weighted by Crippen LogP contribution is 2.36. The molecule has 1 saturated heterocycles. The van der Waals surface area contributed by atoms with Crippen molar-refractivity contribution in [2.45, 2.75) is 78.0 Å². The van der Waals surface area contributed by atoms with Crippen LogP contribution in [0, 0.1) is 11.3 Å². The SMILES string of the molecule is CC(C)(C)OC(=O)NCC1CCCC1NC1CSCCC1(C)C. The first-order chi connectivity index (χ1) is 10.7. The van der Waals surface area contributed by atoms with E-state index in [0.717, 1.165) is 0 Å². The highest BCUT2D eigenvalue weighted by atomic mass is 32.2. The molecule has 1 aliphatic carbocycles. The molecule has 0 aromatic rings. The third kappa shape index (κ3) is 5.86. The van der Waals surface area contributed by atoms with Crippen LogP contribution in [0.2, 0.25) is 0 Å². The molecule has 0 spiro atoms. The first kappa shape index (κ1) is 18.9. The summed E-state index contributed by atoms with van der Waals surface area (Å²) in [5, 5.41) is 6.88. The Morgan fingerprint density at radius 1 is 1.30 bits per heavy atom. The maximum atomic E-state index is 11.9. The first-order valence-electron chi connectivity index (χ1n) is 8.98. The molecule has 2 aliphatic rings. The Balaban J connectivity index is 1.82. The number of carbonyl (C=O) groups excluding carboxylic acids is 1. The van der Waals surface area contributed by atoms with E-state index in [9.17, 15) is 4.79 Å². The van der Waals surface area contributed by atoms with Gasteiger partial charge in [0.15, 0.2) is 0 Å². The standard InChI is InChI=1S/C18H34N2O2S/c1-17(2,3)22-16(21)19-11-13-7-6-8-14(13)20-15-12-23-10-9-18(15,4)5/h13-15,20H,6-12H2,1-5H3,(H,19,21). The van der Waals surface area contributed by atoms with Crippen molar-refractivity contribution in [1.82, 2.24) is 10.6 Å². The first-order valence-corrected chi connectivity index (χ1v) is 10.1. The van der Waals surface area contributed by atoms with Crippen LogP contribution in [0.4, 0.5) is 4.79 Å². The molecule has 5 heteroatoms. The number of alkyl carbamates (subject to hydrolysis) is 1. The van der Waals surface area contributed by atoms with Gasteiger partial charge in [0.1, 0.15) is 5.60 Å². The van der Waals surface area contributed by atoms with E-state index in [1.807, 2.05) is 20.8 Å². The van der Waals surface area contributed by atoms with Crippen LogP contribution in [0.15, 0.2) is 0 Å². The molecule has 23 heavy (non-hydrogen) atoms. The summed E-state index contributed by atoms with van der Waals surface area (Å²) in [6, 6.07) is 1.10. The summed E-state index contributed by atoms with van der Waals surface area (Å²) in [7, 11) is 0. The number of rotatable bonds is 4. The topological polar surface area (TPSA) is 50.4 Å². The molecule has 3 unspecified atom stereocenters. The minimum Gasteiger partial charge on any atom is -0.444 e. The average molecular weight is 343 g/mol. The van der Waals surface area contributed by atoms with Gasteiger partial charge in [0.25, 0.3) is 0 Å². The predicted octanol–water partition coefficient (Wildman–Crippen LogP) is 3.80. The number of hydrogen-bond acceptors (Lipinski definition) is 4. The van der Waals surface area contributed by atoms with E-state index < -0.39 is 5.60 Å². The molecule has 4 nitrogen and oxygen atoms in total. The van der Waals surface area contributed by atoms with E-state index in [4.69, 9.17) is 4.74 Å². The van der Waals surface area contributed by atoms with Crippen molar-refractivity contribution < 1.29 is 9.53 Å². The molecule has 1 heterocycles. The van der Waals surface area contributed by atoms with Gasteiger partial charge in [-0.15, -0.1) is 0 Å². The van der Waals surface area contributed by atoms with Crippen LogP contribution in [0.3, 0.4) is 0 Å². The number of thioether (sulfide) groups is 1. The highest BCUT2D eigenvalue weighted by molar-refractivity contribution is 7.99. The minimum atomic E-state index is -0.430. The monoisotopic (exact) mass is 342 g/mol. The lowest BCUT2D eigenvalue weighted by atomic mass is 9.81. The Morgan fingerprint density at radius 2 is 2.04 bits per heavy atom. The van der Waals surface area contributed by atoms with Gasteiger partial charge in [0, 0.05) is 24.4 Å². The molecular formula is C18H34N2O2S. The van der Waals surface area contributed by atoms with Crippen LogP contribution in [-0.4, -0.2) is 41.8 Å². The van der Waals surface area contributed by atoms with Gasteiger partial charge in [0.05, 0.1) is 0 Å². The van der Waals surface area contributed by atoms with Crippen LogP contribution >= 0.6 is 11.8 Å². The molecule has 2 N–H and O–H groups in total. The zero-order valence-electron chi connectivity index (χ0n) is 15.4. The second kappa shape index (κ2) is 7.64. The molecule has 1 saturated carbocycles. The minimum absolute atomic E-state index is 0.295. The van der Waals surface area contributed by atoms with Crippen LogP contribution in [0.25, 0.3) is 0 Å². The Bertz CT molecular complexity index is 406. The van der Waals surface area contributed by atoms with Crippen molar-refractivity contribution in [3.8, 4) is 0 Å². The average Bonchev–Trinajstić information content (AvgIpc) is 2.84. The summed E-state index contributed by atoms with van der Waals surface area (Å²) in [5.41, 5.74) is -0.0578. The smallest absolute Gasteiger partial charge is 0.407 e. The van der Waals surface area contributed by atoms with E-state index in [-0.39, 0.29) is 6.09 Å². The van der Waals surface area contributed by atoms with Crippen molar-refractivity contribution in [3.05, 3.63) is 0 Å². The lowest BCUT2D eigenvalue weighted by molar-refractivity contribution is 0.0516. The molecule has 134 valence electrons. The van der Waals surface area contributed by atoms with E-state index in [1.165, 1.54) is 37.2 Å². The van der Waals surface area contributed by atoms with Gasteiger partial charge >= 0.3 is 6.09 Å². The summed E-state index contributed by atoms with van der Waals surface area (Å²) in [6.45, 7) is 11.2. The highest BCUT2D eigenvalue weighted by Gasteiger charge is 2.37. The number of carbonyl (C=O) groups is 1. The Labute approximate surface area is 145 Å². The third-order valence-electron chi connectivity index (χ3n) is 5.10. The zero-order valence-corrected chi connectivity index (χ0v) is 16.2. The van der Waals surface area contributed by atoms with E-state index in [2.05, 4.69) is 36.2 Å². The summed E-state index contributed by atoms with van der Waals surface area (Å²) < 4.78 is 5.34. The fourth-order valence-electron chi connectivity index (χ4n) is 3.50. The normalized spacial score (nSPS) is 30.9. The molecule has 0 radical (unpaired) electrons. The predicted molar refractivity (Wildman–Crippen MR) is 98.0 cm³/mol. The van der Waals surface area contributed by atoms with Gasteiger partial charge in [-0.25, -0.2) is 4.79 Å². The van der Waals surface area contributed by atoms with Gasteiger partial charge < -0.3 is 15.4 Å². The molecule has 0 aromatic heterocycles. The molecule has 0 aromatic carbocycles. The maximum Gasteiger partial charge on any atom is 0.407 e. The van der Waals surface area contributed by atoms with Crippen molar-refractivity contribution in [3.63, 3.8) is 0 Å². The van der Waals surface area contributed by atoms with Gasteiger partial charge in [-0.05, 0) is 57.1 Å². The largest absolute Gasteiger partial charge is 0.444 e. The van der Waals surface area contributed by atoms with Crippen LogP contribution in [0.1, 0.15) is 60.3 Å². The zero-order chi connectivity index (χ0) is 17.1. The summed E-state index contributed by atoms with van der Waals surface area (Å²) >= 11 is 2.06. The summed E-state index contributed by atoms with van der Waals surface area (Å²) in [5.74, 6) is 3.00. The molecule has 2 fully saturated rings. The number of nitrogens with one attached hydrogen (secondary N) is 2. The molecule has 0 bridgehead atoms. The lowest BCUT2D eigenvalue weighted by Gasteiger charge is -2.41. The van der Waals surface area contributed by atoms with Crippen LogP contribution in [0.5, 0.6) is 0 Å². The molecule has 1 aliphatic heterocycles. The molecule has 2 rings (SSSR count). The quantitative estimate of drug-likeness (QED) is 0.816. The van der Waals surface area contributed by atoms with E-state index >= 15 is 0 Å². The van der Waals surface area contributed by atoms with Crippen molar-refractivity contribution in [2.24, 2.45) is 11.3 Å². The Hall–Kier alpha value is -0.420. The second-order valence-corrected chi connectivity index (χ2v) is 9.86. The van der Waals surface area contributed by atoms with Crippen LogP contribution < -0.4 is 10.6 Å². The van der Waals surface area contributed by atoms with Crippen LogP contribution in [-0.2, 0) is 4.74 Å². The summed E-state index contributed by atoms with van der Waals surface area (Å²) in [6.07, 6.45) is 4.64. The Morgan fingerprint density at radius 3 is 2.70 bits per heavy atom. The molecule has 1 amide bonds. The molecular weight excluding hydrogens is 308 g/mol. The Kier molecular flexibility index (Phi) is 6.28. The third-order valence-corrected chi connectivity index (χ3v) is 6.16.